The van der Waals surface area contributed by atoms with Gasteiger partial charge >= 0.3 is 6.18 Å². The van der Waals surface area contributed by atoms with Gasteiger partial charge in [0.1, 0.15) is 22.9 Å². The SMILES string of the molecule is COc1cccc([C@@H]2C[C@@H](C(F)(F)F)n3ncc(C(=O)NCc4ccc(F)cc4)c3N2)c1. The van der Waals surface area contributed by atoms with Crippen molar-refractivity contribution in [3.05, 3.63) is 77.2 Å². The predicted octanol–water partition coefficient (Wildman–Crippen LogP) is 4.62. The zero-order chi connectivity index (χ0) is 22.9. The molecule has 3 aromatic rings. The highest BCUT2D eigenvalue weighted by atomic mass is 19.4. The summed E-state index contributed by atoms with van der Waals surface area (Å²) in [5.41, 5.74) is 1.24. The fourth-order valence-corrected chi connectivity index (χ4v) is 3.69. The Balaban J connectivity index is 1.61. The number of rotatable bonds is 5. The highest BCUT2D eigenvalue weighted by Gasteiger charge is 2.47. The first-order valence-corrected chi connectivity index (χ1v) is 9.83. The van der Waals surface area contributed by atoms with Crippen LogP contribution in [0.5, 0.6) is 5.75 Å². The van der Waals surface area contributed by atoms with Crippen LogP contribution in [0, 0.1) is 5.82 Å². The number of carbonyl (C=O) groups is 1. The fourth-order valence-electron chi connectivity index (χ4n) is 3.69. The van der Waals surface area contributed by atoms with E-state index in [1.807, 2.05) is 0 Å². The first-order valence-electron chi connectivity index (χ1n) is 9.83. The van der Waals surface area contributed by atoms with Crippen LogP contribution >= 0.6 is 0 Å². The van der Waals surface area contributed by atoms with Crippen LogP contribution in [0.25, 0.3) is 0 Å². The Morgan fingerprint density at radius 1 is 1.25 bits per heavy atom. The summed E-state index contributed by atoms with van der Waals surface area (Å²) in [6.07, 6.45) is -3.72. The normalized spacial score (nSPS) is 17.9. The maximum absolute atomic E-state index is 13.8. The van der Waals surface area contributed by atoms with E-state index in [4.69, 9.17) is 4.74 Å². The predicted molar refractivity (Wildman–Crippen MR) is 109 cm³/mol. The molecule has 1 aliphatic heterocycles. The number of fused-ring (bicyclic) bond motifs is 1. The van der Waals surface area contributed by atoms with Gasteiger partial charge in [0, 0.05) is 13.0 Å². The van der Waals surface area contributed by atoms with Gasteiger partial charge in [-0.2, -0.15) is 18.3 Å². The number of nitrogens with zero attached hydrogens (tertiary/aromatic N) is 2. The van der Waals surface area contributed by atoms with Gasteiger partial charge < -0.3 is 15.4 Å². The summed E-state index contributed by atoms with van der Waals surface area (Å²) in [6.45, 7) is 0.0890. The van der Waals surface area contributed by atoms with Gasteiger partial charge in [0.2, 0.25) is 0 Å². The van der Waals surface area contributed by atoms with Crippen molar-refractivity contribution in [3.63, 3.8) is 0 Å². The molecule has 2 atom stereocenters. The van der Waals surface area contributed by atoms with Crippen LogP contribution in [0.1, 0.15) is 40.0 Å². The van der Waals surface area contributed by atoms with Crippen molar-refractivity contribution in [2.45, 2.75) is 31.2 Å². The fraction of sp³-hybridized carbons (Fsp3) is 0.273. The summed E-state index contributed by atoms with van der Waals surface area (Å²) in [7, 11) is 1.48. The summed E-state index contributed by atoms with van der Waals surface area (Å²) in [6, 6.07) is 9.71. The second kappa shape index (κ2) is 8.52. The van der Waals surface area contributed by atoms with Gasteiger partial charge in [0.05, 0.1) is 19.3 Å². The van der Waals surface area contributed by atoms with Gasteiger partial charge in [-0.15, -0.1) is 0 Å². The van der Waals surface area contributed by atoms with E-state index < -0.39 is 30.0 Å². The van der Waals surface area contributed by atoms with E-state index in [2.05, 4.69) is 15.7 Å². The van der Waals surface area contributed by atoms with Crippen molar-refractivity contribution in [1.29, 1.82) is 0 Å². The second-order valence-electron chi connectivity index (χ2n) is 7.43. The number of anilines is 1. The average Bonchev–Trinajstić information content (AvgIpc) is 3.21. The molecule has 0 radical (unpaired) electrons. The van der Waals surface area contributed by atoms with Gasteiger partial charge in [-0.1, -0.05) is 24.3 Å². The number of halogens is 4. The lowest BCUT2D eigenvalue weighted by Gasteiger charge is -2.34. The minimum absolute atomic E-state index is 0.00559. The van der Waals surface area contributed by atoms with Gasteiger partial charge in [-0.05, 0) is 35.4 Å². The Kier molecular flexibility index (Phi) is 5.77. The third-order valence-corrected chi connectivity index (χ3v) is 5.35. The zero-order valence-corrected chi connectivity index (χ0v) is 17.0. The number of amides is 1. The molecule has 0 spiro atoms. The average molecular weight is 448 g/mol. The van der Waals surface area contributed by atoms with Crippen molar-refractivity contribution >= 4 is 11.7 Å². The van der Waals surface area contributed by atoms with E-state index in [1.165, 1.54) is 31.4 Å². The Morgan fingerprint density at radius 3 is 2.69 bits per heavy atom. The first kappa shape index (κ1) is 21.7. The highest BCUT2D eigenvalue weighted by molar-refractivity contribution is 5.98. The maximum Gasteiger partial charge on any atom is 0.410 e. The van der Waals surface area contributed by atoms with Crippen LogP contribution < -0.4 is 15.4 Å². The molecule has 0 unspecified atom stereocenters. The molecule has 2 heterocycles. The van der Waals surface area contributed by atoms with E-state index >= 15 is 0 Å². The van der Waals surface area contributed by atoms with Crippen molar-refractivity contribution in [2.24, 2.45) is 0 Å². The van der Waals surface area contributed by atoms with Crippen LogP contribution in [0.4, 0.5) is 23.4 Å². The maximum atomic E-state index is 13.8. The number of nitrogens with one attached hydrogen (secondary N) is 2. The number of hydrogen-bond acceptors (Lipinski definition) is 4. The molecular formula is C22H20F4N4O2. The molecule has 2 N–H and O–H groups in total. The van der Waals surface area contributed by atoms with E-state index in [0.717, 1.165) is 10.9 Å². The lowest BCUT2D eigenvalue weighted by atomic mass is 9.96. The van der Waals surface area contributed by atoms with Crippen LogP contribution in [0.3, 0.4) is 0 Å². The Labute approximate surface area is 181 Å². The Bertz CT molecular complexity index is 1110. The third-order valence-electron chi connectivity index (χ3n) is 5.35. The number of benzene rings is 2. The molecule has 10 heteroatoms. The Hall–Kier alpha value is -3.56. The van der Waals surface area contributed by atoms with Crippen LogP contribution in [-0.2, 0) is 6.54 Å². The molecule has 0 bridgehead atoms. The standard InChI is InChI=1S/C22H20F4N4O2/c1-32-16-4-2-3-14(9-16)18-10-19(22(24,25)26)30-20(29-18)17(12-28-30)21(31)27-11-13-5-7-15(23)8-6-13/h2-9,12,18-19,29H,10-11H2,1H3,(H,27,31)/t18-,19-/m0/s1. The number of aromatic nitrogens is 2. The summed E-state index contributed by atoms with van der Waals surface area (Å²) in [5.74, 6) is -0.487. The van der Waals surface area contributed by atoms with Crippen LogP contribution in [0.2, 0.25) is 0 Å². The number of alkyl halides is 3. The molecule has 1 aromatic heterocycles. The lowest BCUT2D eigenvalue weighted by Crippen LogP contribution is -2.36. The number of carbonyl (C=O) groups excluding carboxylic acids is 1. The molecule has 0 fully saturated rings. The summed E-state index contributed by atoms with van der Waals surface area (Å²) < 4.78 is 60.5. The van der Waals surface area contributed by atoms with Crippen molar-refractivity contribution in [2.75, 3.05) is 12.4 Å². The molecule has 32 heavy (non-hydrogen) atoms. The van der Waals surface area contributed by atoms with Gasteiger partial charge in [-0.25, -0.2) is 9.07 Å². The number of hydrogen-bond donors (Lipinski definition) is 2. The summed E-state index contributed by atoms with van der Waals surface area (Å²) in [5, 5.41) is 9.53. The minimum atomic E-state index is -4.55. The minimum Gasteiger partial charge on any atom is -0.497 e. The molecule has 1 aliphatic rings. The third kappa shape index (κ3) is 4.39. The molecule has 6 nitrogen and oxygen atoms in total. The topological polar surface area (TPSA) is 68.2 Å². The van der Waals surface area contributed by atoms with Crippen molar-refractivity contribution < 1.29 is 27.1 Å². The molecule has 0 saturated carbocycles. The number of ether oxygens (including phenoxy) is 1. The molecule has 168 valence electrons. The molecule has 4 rings (SSSR count). The smallest absolute Gasteiger partial charge is 0.410 e. The van der Waals surface area contributed by atoms with E-state index in [9.17, 15) is 22.4 Å². The van der Waals surface area contributed by atoms with Crippen molar-refractivity contribution in [1.82, 2.24) is 15.1 Å². The van der Waals surface area contributed by atoms with Gasteiger partial charge in [0.25, 0.3) is 5.91 Å². The number of methoxy groups -OCH3 is 1. The van der Waals surface area contributed by atoms with E-state index in [-0.39, 0.29) is 24.3 Å². The quantitative estimate of drug-likeness (QED) is 0.559. The monoisotopic (exact) mass is 448 g/mol. The molecule has 1 amide bonds. The van der Waals surface area contributed by atoms with Gasteiger partial charge in [0.15, 0.2) is 6.04 Å². The van der Waals surface area contributed by atoms with Gasteiger partial charge in [-0.3, -0.25) is 4.79 Å². The first-order chi connectivity index (χ1) is 15.3. The summed E-state index contributed by atoms with van der Waals surface area (Å²) in [4.78, 5) is 12.7. The van der Waals surface area contributed by atoms with Crippen molar-refractivity contribution in [3.8, 4) is 5.75 Å². The van der Waals surface area contributed by atoms with E-state index in [0.29, 0.717) is 16.9 Å². The lowest BCUT2D eigenvalue weighted by molar-refractivity contribution is -0.173. The molecule has 2 aromatic carbocycles. The molecule has 0 aliphatic carbocycles. The highest BCUT2D eigenvalue weighted by Crippen LogP contribution is 2.44. The Morgan fingerprint density at radius 2 is 2.00 bits per heavy atom. The van der Waals surface area contributed by atoms with E-state index in [1.54, 1.807) is 24.3 Å². The molecule has 0 saturated heterocycles. The molecular weight excluding hydrogens is 428 g/mol. The zero-order valence-electron chi connectivity index (χ0n) is 17.0. The van der Waals surface area contributed by atoms with Crippen LogP contribution in [-0.4, -0.2) is 29.0 Å². The summed E-state index contributed by atoms with van der Waals surface area (Å²) >= 11 is 0. The second-order valence-corrected chi connectivity index (χ2v) is 7.43. The largest absolute Gasteiger partial charge is 0.497 e. The van der Waals surface area contributed by atoms with Crippen LogP contribution in [0.15, 0.2) is 54.7 Å².